The van der Waals surface area contributed by atoms with Gasteiger partial charge in [0.25, 0.3) is 5.91 Å². The fourth-order valence-electron chi connectivity index (χ4n) is 0.722. The maximum Gasteiger partial charge on any atom is 0.290 e. The van der Waals surface area contributed by atoms with Gasteiger partial charge in [0.05, 0.1) is 0 Å². The van der Waals surface area contributed by atoms with Gasteiger partial charge >= 0.3 is 0 Å². The number of amides is 1. The molecule has 1 heterocycles. The van der Waals surface area contributed by atoms with E-state index in [1.807, 2.05) is 0 Å². The zero-order chi connectivity index (χ0) is 11.3. The molecule has 0 bridgehead atoms. The number of rotatable bonds is 3. The van der Waals surface area contributed by atoms with E-state index in [2.05, 4.69) is 20.5 Å². The van der Waals surface area contributed by atoms with Crippen molar-refractivity contribution in [2.24, 2.45) is 5.10 Å². The molecule has 1 aromatic heterocycles. The minimum Gasteiger partial charge on any atom is -0.367 e. The van der Waals surface area contributed by atoms with Crippen LogP contribution in [0.3, 0.4) is 0 Å². The molecule has 1 N–H and O–H groups in total. The molecule has 0 atom stereocenters. The quantitative estimate of drug-likeness (QED) is 0.350. The van der Waals surface area contributed by atoms with E-state index in [0.717, 1.165) is 0 Å². The van der Waals surface area contributed by atoms with Crippen LogP contribution in [0.4, 0.5) is 0 Å². The molecule has 1 aromatic rings. The summed E-state index contributed by atoms with van der Waals surface area (Å²) in [5.74, 6) is -0.433. The Morgan fingerprint density at radius 1 is 1.67 bits per heavy atom. The van der Waals surface area contributed by atoms with Gasteiger partial charge in [0.1, 0.15) is 12.0 Å². The second kappa shape index (κ2) is 5.26. The van der Waals surface area contributed by atoms with Crippen LogP contribution in [0.15, 0.2) is 17.4 Å². The SMILES string of the molecule is CN(C)/C=N/NC(=O)c1ccnc(Cl)n1. The third-order valence-corrected chi connectivity index (χ3v) is 1.50. The van der Waals surface area contributed by atoms with Crippen molar-refractivity contribution in [3.63, 3.8) is 0 Å². The van der Waals surface area contributed by atoms with Gasteiger partial charge in [-0.25, -0.2) is 15.4 Å². The molecule has 15 heavy (non-hydrogen) atoms. The molecule has 0 aliphatic heterocycles. The minimum absolute atomic E-state index is 0.0271. The Labute approximate surface area is 92.0 Å². The molecule has 0 saturated heterocycles. The van der Waals surface area contributed by atoms with Crippen LogP contribution in [0.1, 0.15) is 10.5 Å². The van der Waals surface area contributed by atoms with Crippen LogP contribution in [0, 0.1) is 0 Å². The lowest BCUT2D eigenvalue weighted by atomic mass is 10.4. The number of hydrogen-bond donors (Lipinski definition) is 1. The first-order valence-electron chi connectivity index (χ1n) is 4.08. The number of hydrazone groups is 1. The summed E-state index contributed by atoms with van der Waals surface area (Å²) in [7, 11) is 3.58. The zero-order valence-electron chi connectivity index (χ0n) is 8.31. The highest BCUT2D eigenvalue weighted by atomic mass is 35.5. The fraction of sp³-hybridized carbons (Fsp3) is 0.250. The topological polar surface area (TPSA) is 70.5 Å². The molecule has 6 nitrogen and oxygen atoms in total. The summed E-state index contributed by atoms with van der Waals surface area (Å²) >= 11 is 5.52. The highest BCUT2D eigenvalue weighted by Gasteiger charge is 2.06. The monoisotopic (exact) mass is 227 g/mol. The molecule has 0 radical (unpaired) electrons. The van der Waals surface area contributed by atoms with Gasteiger partial charge in [-0.3, -0.25) is 4.79 Å². The molecular formula is C8H10ClN5O. The van der Waals surface area contributed by atoms with E-state index in [0.29, 0.717) is 0 Å². The number of carbonyl (C=O) groups is 1. The summed E-state index contributed by atoms with van der Waals surface area (Å²) in [4.78, 5) is 20.5. The zero-order valence-corrected chi connectivity index (χ0v) is 9.06. The number of halogens is 1. The second-order valence-electron chi connectivity index (χ2n) is 2.86. The normalized spacial score (nSPS) is 10.3. The molecule has 1 amide bonds. The predicted molar refractivity (Wildman–Crippen MR) is 56.7 cm³/mol. The molecule has 80 valence electrons. The van der Waals surface area contributed by atoms with E-state index in [4.69, 9.17) is 11.6 Å². The van der Waals surface area contributed by atoms with Crippen molar-refractivity contribution in [1.29, 1.82) is 0 Å². The molecule has 0 aliphatic carbocycles. The van der Waals surface area contributed by atoms with Crippen LogP contribution in [-0.2, 0) is 0 Å². The number of aromatic nitrogens is 2. The highest BCUT2D eigenvalue weighted by molar-refractivity contribution is 6.28. The predicted octanol–water partition coefficient (Wildman–Crippen LogP) is 0.365. The molecular weight excluding hydrogens is 218 g/mol. The molecule has 0 unspecified atom stereocenters. The highest BCUT2D eigenvalue weighted by Crippen LogP contribution is 2.00. The van der Waals surface area contributed by atoms with Crippen molar-refractivity contribution in [1.82, 2.24) is 20.3 Å². The van der Waals surface area contributed by atoms with Crippen molar-refractivity contribution in [2.45, 2.75) is 0 Å². The van der Waals surface area contributed by atoms with E-state index < -0.39 is 5.91 Å². The van der Waals surface area contributed by atoms with Crippen LogP contribution >= 0.6 is 11.6 Å². The average Bonchev–Trinajstić information content (AvgIpc) is 2.17. The Hall–Kier alpha value is -1.69. The van der Waals surface area contributed by atoms with Gasteiger partial charge in [0.2, 0.25) is 5.28 Å². The van der Waals surface area contributed by atoms with Crippen molar-refractivity contribution >= 4 is 23.8 Å². The third-order valence-electron chi connectivity index (χ3n) is 1.31. The molecule has 0 aromatic carbocycles. The van der Waals surface area contributed by atoms with Gasteiger partial charge in [-0.2, -0.15) is 5.10 Å². The van der Waals surface area contributed by atoms with Crippen LogP contribution in [0.2, 0.25) is 5.28 Å². The van der Waals surface area contributed by atoms with Crippen LogP contribution in [-0.4, -0.2) is 41.2 Å². The first kappa shape index (κ1) is 11.4. The first-order chi connectivity index (χ1) is 7.09. The molecule has 7 heteroatoms. The van der Waals surface area contributed by atoms with Gasteiger partial charge < -0.3 is 4.90 Å². The van der Waals surface area contributed by atoms with Crippen LogP contribution in [0.25, 0.3) is 0 Å². The van der Waals surface area contributed by atoms with Gasteiger partial charge in [0, 0.05) is 20.3 Å². The fourth-order valence-corrected chi connectivity index (χ4v) is 0.869. The Balaban J connectivity index is 2.62. The minimum atomic E-state index is -0.433. The van der Waals surface area contributed by atoms with E-state index in [-0.39, 0.29) is 11.0 Å². The summed E-state index contributed by atoms with van der Waals surface area (Å²) in [5.41, 5.74) is 2.47. The third kappa shape index (κ3) is 3.90. The molecule has 0 fully saturated rings. The maximum atomic E-state index is 11.4. The summed E-state index contributed by atoms with van der Waals surface area (Å²) in [6, 6.07) is 1.45. The number of hydrogen-bond acceptors (Lipinski definition) is 4. The smallest absolute Gasteiger partial charge is 0.290 e. The average molecular weight is 228 g/mol. The molecule has 1 rings (SSSR count). The Morgan fingerprint density at radius 2 is 2.40 bits per heavy atom. The van der Waals surface area contributed by atoms with E-state index in [9.17, 15) is 4.79 Å². The van der Waals surface area contributed by atoms with Gasteiger partial charge in [-0.1, -0.05) is 0 Å². The van der Waals surface area contributed by atoms with E-state index >= 15 is 0 Å². The van der Waals surface area contributed by atoms with Gasteiger partial charge in [-0.15, -0.1) is 0 Å². The summed E-state index contributed by atoms with van der Waals surface area (Å²) < 4.78 is 0. The van der Waals surface area contributed by atoms with Crippen molar-refractivity contribution < 1.29 is 4.79 Å². The van der Waals surface area contributed by atoms with Crippen molar-refractivity contribution in [3.8, 4) is 0 Å². The van der Waals surface area contributed by atoms with Crippen LogP contribution in [0.5, 0.6) is 0 Å². The lowest BCUT2D eigenvalue weighted by Gasteiger charge is -2.02. The number of nitrogens with one attached hydrogen (secondary N) is 1. The summed E-state index contributed by atoms with van der Waals surface area (Å²) in [6.07, 6.45) is 2.86. The standard InChI is InChI=1S/C8H10ClN5O/c1-14(2)5-11-13-7(15)6-3-4-10-8(9)12-6/h3-5H,1-2H3,(H,13,15)/b11-5+. The van der Waals surface area contributed by atoms with E-state index in [1.54, 1.807) is 19.0 Å². The Bertz CT molecular complexity index is 379. The molecule has 0 spiro atoms. The summed E-state index contributed by atoms with van der Waals surface area (Å²) in [6.45, 7) is 0. The number of carbonyl (C=O) groups excluding carboxylic acids is 1. The second-order valence-corrected chi connectivity index (χ2v) is 3.20. The summed E-state index contributed by atoms with van der Waals surface area (Å²) in [5, 5.41) is 3.70. The van der Waals surface area contributed by atoms with Crippen LogP contribution < -0.4 is 5.43 Å². The largest absolute Gasteiger partial charge is 0.367 e. The lowest BCUT2D eigenvalue weighted by molar-refractivity contribution is 0.0949. The lowest BCUT2D eigenvalue weighted by Crippen LogP contribution is -2.21. The van der Waals surface area contributed by atoms with Gasteiger partial charge in [-0.05, 0) is 17.7 Å². The van der Waals surface area contributed by atoms with Crippen molar-refractivity contribution in [2.75, 3.05) is 14.1 Å². The van der Waals surface area contributed by atoms with Gasteiger partial charge in [0.15, 0.2) is 0 Å². The molecule has 0 saturated carbocycles. The van der Waals surface area contributed by atoms with Crippen molar-refractivity contribution in [3.05, 3.63) is 23.2 Å². The van der Waals surface area contributed by atoms with E-state index in [1.165, 1.54) is 18.6 Å². The maximum absolute atomic E-state index is 11.4. The number of nitrogens with zero attached hydrogens (tertiary/aromatic N) is 4. The Morgan fingerprint density at radius 3 is 3.00 bits per heavy atom. The Kier molecular flexibility index (Phi) is 3.99. The molecule has 0 aliphatic rings. The first-order valence-corrected chi connectivity index (χ1v) is 4.46.